The quantitative estimate of drug-likeness (QED) is 0.866. The monoisotopic (exact) mass is 320 g/mol. The Bertz CT molecular complexity index is 779. The molecule has 0 saturated heterocycles. The number of rotatable bonds is 4. The summed E-state index contributed by atoms with van der Waals surface area (Å²) in [4.78, 5) is 14.3. The fourth-order valence-corrected chi connectivity index (χ4v) is 3.21. The molecule has 0 heterocycles. The van der Waals surface area contributed by atoms with Crippen LogP contribution in [0, 0.1) is 11.3 Å². The lowest BCUT2D eigenvalue weighted by Gasteiger charge is -2.33. The summed E-state index contributed by atoms with van der Waals surface area (Å²) in [5.74, 6) is 0.485. The Hall–Kier alpha value is -2.80. The van der Waals surface area contributed by atoms with E-state index >= 15 is 0 Å². The third kappa shape index (κ3) is 3.41. The number of aryl methyl sites for hydroxylation is 1. The molecule has 2 aromatic rings. The average Bonchev–Trinajstić information content (AvgIpc) is 2.65. The van der Waals surface area contributed by atoms with E-state index in [0.29, 0.717) is 11.3 Å². The molecule has 0 aromatic heterocycles. The van der Waals surface area contributed by atoms with Gasteiger partial charge in [0.05, 0.1) is 17.7 Å². The van der Waals surface area contributed by atoms with Crippen LogP contribution in [0.25, 0.3) is 0 Å². The summed E-state index contributed by atoms with van der Waals surface area (Å²) in [6.45, 7) is -0.0238. The minimum absolute atomic E-state index is 0.0238. The van der Waals surface area contributed by atoms with Crippen molar-refractivity contribution in [2.75, 3.05) is 13.7 Å². The molecule has 0 spiro atoms. The Kier molecular flexibility index (Phi) is 4.81. The molecule has 1 atom stereocenters. The smallest absolute Gasteiger partial charge is 0.260 e. The normalized spacial score (nSPS) is 15.9. The zero-order valence-corrected chi connectivity index (χ0v) is 13.7. The average molecular weight is 320 g/mol. The number of ether oxygens (including phenoxy) is 1. The topological polar surface area (TPSA) is 53.3 Å². The molecule has 1 aliphatic rings. The van der Waals surface area contributed by atoms with E-state index < -0.39 is 0 Å². The lowest BCUT2D eigenvalue weighted by atomic mass is 9.87. The van der Waals surface area contributed by atoms with Gasteiger partial charge in [-0.2, -0.15) is 5.26 Å². The first-order chi connectivity index (χ1) is 11.7. The minimum Gasteiger partial charge on any atom is -0.484 e. The minimum atomic E-state index is -0.0564. The largest absolute Gasteiger partial charge is 0.484 e. The maximum atomic E-state index is 12.5. The SMILES string of the molecule is CN(C(=O)COc1cccc(C#N)c1)C1CCCc2ccccc21. The Balaban J connectivity index is 1.66. The molecular weight excluding hydrogens is 300 g/mol. The molecule has 0 radical (unpaired) electrons. The number of nitrogens with zero attached hydrogens (tertiary/aromatic N) is 2. The van der Waals surface area contributed by atoms with Crippen LogP contribution in [0.15, 0.2) is 48.5 Å². The number of fused-ring (bicyclic) bond motifs is 1. The maximum absolute atomic E-state index is 12.5. The zero-order valence-electron chi connectivity index (χ0n) is 13.7. The first-order valence-electron chi connectivity index (χ1n) is 8.15. The number of amides is 1. The van der Waals surface area contributed by atoms with Crippen LogP contribution >= 0.6 is 0 Å². The summed E-state index contributed by atoms with van der Waals surface area (Å²) in [7, 11) is 1.84. The van der Waals surface area contributed by atoms with Gasteiger partial charge in [-0.1, -0.05) is 30.3 Å². The fourth-order valence-electron chi connectivity index (χ4n) is 3.21. The number of benzene rings is 2. The second-order valence-electron chi connectivity index (χ2n) is 6.04. The molecule has 1 unspecified atom stereocenters. The van der Waals surface area contributed by atoms with E-state index in [4.69, 9.17) is 10.00 Å². The Morgan fingerprint density at radius 1 is 1.29 bits per heavy atom. The molecule has 4 nitrogen and oxygen atoms in total. The van der Waals surface area contributed by atoms with Crippen molar-refractivity contribution in [2.24, 2.45) is 0 Å². The number of carbonyl (C=O) groups is 1. The van der Waals surface area contributed by atoms with Crippen LogP contribution < -0.4 is 4.74 Å². The van der Waals surface area contributed by atoms with E-state index in [2.05, 4.69) is 18.2 Å². The van der Waals surface area contributed by atoms with Crippen LogP contribution in [0.1, 0.15) is 35.6 Å². The van der Waals surface area contributed by atoms with Gasteiger partial charge in [0.25, 0.3) is 5.91 Å². The van der Waals surface area contributed by atoms with Crippen molar-refractivity contribution >= 4 is 5.91 Å². The van der Waals surface area contributed by atoms with E-state index in [1.54, 1.807) is 29.2 Å². The van der Waals surface area contributed by atoms with Gasteiger partial charge < -0.3 is 9.64 Å². The number of hydrogen-bond donors (Lipinski definition) is 0. The van der Waals surface area contributed by atoms with Crippen molar-refractivity contribution in [3.8, 4) is 11.8 Å². The Labute approximate surface area is 142 Å². The van der Waals surface area contributed by atoms with Crippen molar-refractivity contribution in [1.82, 2.24) is 4.90 Å². The molecule has 1 amide bonds. The van der Waals surface area contributed by atoms with Gasteiger partial charge in [-0.25, -0.2) is 0 Å². The molecule has 4 heteroatoms. The Morgan fingerprint density at radius 2 is 2.12 bits per heavy atom. The lowest BCUT2D eigenvalue weighted by molar-refractivity contribution is -0.134. The van der Waals surface area contributed by atoms with Crippen LogP contribution in [0.2, 0.25) is 0 Å². The fraction of sp³-hybridized carbons (Fsp3) is 0.300. The molecule has 3 rings (SSSR count). The second kappa shape index (κ2) is 7.18. The van der Waals surface area contributed by atoms with Gasteiger partial charge in [0.15, 0.2) is 6.61 Å². The van der Waals surface area contributed by atoms with Crippen molar-refractivity contribution in [3.63, 3.8) is 0 Å². The highest BCUT2D eigenvalue weighted by atomic mass is 16.5. The highest BCUT2D eigenvalue weighted by Gasteiger charge is 2.26. The molecule has 0 bridgehead atoms. The standard InChI is InChI=1S/C20H20N2O2/c1-22(19-11-5-8-16-7-2-3-10-18(16)19)20(23)14-24-17-9-4-6-15(12-17)13-21/h2-4,6-7,9-10,12,19H,5,8,11,14H2,1H3. The van der Waals surface area contributed by atoms with Crippen LogP contribution in [0.4, 0.5) is 0 Å². The van der Waals surface area contributed by atoms with E-state index in [1.165, 1.54) is 11.1 Å². The van der Waals surface area contributed by atoms with Gasteiger partial charge in [-0.3, -0.25) is 4.79 Å². The summed E-state index contributed by atoms with van der Waals surface area (Å²) in [6, 6.07) is 17.4. The summed E-state index contributed by atoms with van der Waals surface area (Å²) >= 11 is 0. The van der Waals surface area contributed by atoms with Crippen molar-refractivity contribution in [1.29, 1.82) is 5.26 Å². The predicted octanol–water partition coefficient (Wildman–Crippen LogP) is 3.47. The van der Waals surface area contributed by atoms with Gasteiger partial charge in [-0.15, -0.1) is 0 Å². The third-order valence-corrected chi connectivity index (χ3v) is 4.52. The third-order valence-electron chi connectivity index (χ3n) is 4.52. The summed E-state index contributed by atoms with van der Waals surface area (Å²) in [5, 5.41) is 8.91. The first-order valence-corrected chi connectivity index (χ1v) is 8.15. The Morgan fingerprint density at radius 3 is 2.96 bits per heavy atom. The second-order valence-corrected chi connectivity index (χ2v) is 6.04. The predicted molar refractivity (Wildman–Crippen MR) is 91.5 cm³/mol. The summed E-state index contributed by atoms with van der Waals surface area (Å²) < 4.78 is 5.57. The van der Waals surface area contributed by atoms with Gasteiger partial charge in [0.2, 0.25) is 0 Å². The van der Waals surface area contributed by atoms with E-state index in [0.717, 1.165) is 19.3 Å². The van der Waals surface area contributed by atoms with E-state index in [-0.39, 0.29) is 18.6 Å². The van der Waals surface area contributed by atoms with Crippen molar-refractivity contribution in [2.45, 2.75) is 25.3 Å². The van der Waals surface area contributed by atoms with Crippen LogP contribution in [0.5, 0.6) is 5.75 Å². The van der Waals surface area contributed by atoms with Crippen LogP contribution in [0.3, 0.4) is 0 Å². The summed E-state index contributed by atoms with van der Waals surface area (Å²) in [6.07, 6.45) is 3.14. The van der Waals surface area contributed by atoms with Crippen LogP contribution in [-0.2, 0) is 11.2 Å². The van der Waals surface area contributed by atoms with Crippen molar-refractivity contribution in [3.05, 3.63) is 65.2 Å². The van der Waals surface area contributed by atoms with Crippen LogP contribution in [-0.4, -0.2) is 24.5 Å². The van der Waals surface area contributed by atoms with Crippen molar-refractivity contribution < 1.29 is 9.53 Å². The molecule has 1 aliphatic carbocycles. The van der Waals surface area contributed by atoms with E-state index in [9.17, 15) is 4.79 Å². The molecule has 0 saturated carbocycles. The van der Waals surface area contributed by atoms with Gasteiger partial charge in [-0.05, 0) is 48.6 Å². The number of hydrogen-bond acceptors (Lipinski definition) is 3. The molecule has 24 heavy (non-hydrogen) atoms. The summed E-state index contributed by atoms with van der Waals surface area (Å²) in [5.41, 5.74) is 3.09. The molecule has 0 N–H and O–H groups in total. The van der Waals surface area contributed by atoms with Gasteiger partial charge in [0, 0.05) is 7.05 Å². The lowest BCUT2D eigenvalue weighted by Crippen LogP contribution is -2.36. The van der Waals surface area contributed by atoms with Gasteiger partial charge in [0.1, 0.15) is 5.75 Å². The molecule has 2 aromatic carbocycles. The van der Waals surface area contributed by atoms with E-state index in [1.807, 2.05) is 19.2 Å². The number of carbonyl (C=O) groups excluding carboxylic acids is 1. The molecule has 0 aliphatic heterocycles. The number of likely N-dealkylation sites (N-methyl/N-ethyl adjacent to an activating group) is 1. The number of nitriles is 1. The maximum Gasteiger partial charge on any atom is 0.260 e. The molecule has 122 valence electrons. The molecular formula is C20H20N2O2. The zero-order chi connectivity index (χ0) is 16.9. The highest BCUT2D eigenvalue weighted by Crippen LogP contribution is 2.33. The first kappa shape index (κ1) is 16.1. The highest BCUT2D eigenvalue weighted by molar-refractivity contribution is 5.78. The van der Waals surface area contributed by atoms with Gasteiger partial charge >= 0.3 is 0 Å². The molecule has 0 fully saturated rings.